The molecule has 1 aromatic rings. The first-order chi connectivity index (χ1) is 6.16. The molecule has 0 saturated heterocycles. The van der Waals surface area contributed by atoms with Gasteiger partial charge in [-0.3, -0.25) is 0 Å². The molecule has 0 amide bonds. The highest BCUT2D eigenvalue weighted by molar-refractivity contribution is 5.88. The second kappa shape index (κ2) is 3.81. The lowest BCUT2D eigenvalue weighted by Crippen LogP contribution is -2.02. The number of aromatic carboxylic acids is 1. The summed E-state index contributed by atoms with van der Waals surface area (Å²) in [5.41, 5.74) is 1.10. The third-order valence-corrected chi connectivity index (χ3v) is 1.97. The van der Waals surface area contributed by atoms with Crippen LogP contribution in [-0.2, 0) is 6.54 Å². The van der Waals surface area contributed by atoms with E-state index >= 15 is 0 Å². The van der Waals surface area contributed by atoms with Crippen molar-refractivity contribution >= 4 is 5.97 Å². The summed E-state index contributed by atoms with van der Waals surface area (Å²) in [5, 5.41) is 8.75. The summed E-state index contributed by atoms with van der Waals surface area (Å²) < 4.78 is 1.85. The molecule has 0 unspecified atom stereocenters. The Morgan fingerprint density at radius 2 is 2.46 bits per heavy atom. The standard InChI is InChI=1S/C10H11NO2/c1-3-4-6-11-7-5-9(8(11)2)10(12)13/h1,5,7H,4,6H2,2H3,(H,12,13). The molecule has 1 N–H and O–H groups in total. The largest absolute Gasteiger partial charge is 0.478 e. The third kappa shape index (κ3) is 1.91. The quantitative estimate of drug-likeness (QED) is 0.711. The molecule has 1 heterocycles. The summed E-state index contributed by atoms with van der Waals surface area (Å²) in [4.78, 5) is 10.7. The van der Waals surface area contributed by atoms with Gasteiger partial charge in [-0.05, 0) is 13.0 Å². The van der Waals surface area contributed by atoms with Crippen molar-refractivity contribution in [1.82, 2.24) is 4.57 Å². The first-order valence-electron chi connectivity index (χ1n) is 3.99. The maximum atomic E-state index is 10.7. The molecule has 0 radical (unpaired) electrons. The van der Waals surface area contributed by atoms with Crippen molar-refractivity contribution in [3.63, 3.8) is 0 Å². The highest BCUT2D eigenvalue weighted by atomic mass is 16.4. The number of aryl methyl sites for hydroxylation is 1. The van der Waals surface area contributed by atoms with Crippen LogP contribution in [0.3, 0.4) is 0 Å². The van der Waals surface area contributed by atoms with Gasteiger partial charge in [-0.2, -0.15) is 0 Å². The number of carboxylic acid groups (broad SMARTS) is 1. The SMILES string of the molecule is C#CCCn1ccc(C(=O)O)c1C. The minimum absolute atomic E-state index is 0.344. The van der Waals surface area contributed by atoms with Crippen molar-refractivity contribution in [3.05, 3.63) is 23.5 Å². The molecule has 3 heteroatoms. The van der Waals surface area contributed by atoms with Gasteiger partial charge < -0.3 is 9.67 Å². The Bertz CT molecular complexity index is 357. The minimum Gasteiger partial charge on any atom is -0.478 e. The number of hydrogen-bond acceptors (Lipinski definition) is 1. The van der Waals surface area contributed by atoms with Gasteiger partial charge in [-0.1, -0.05) is 0 Å². The maximum absolute atomic E-state index is 10.7. The van der Waals surface area contributed by atoms with E-state index in [1.807, 2.05) is 4.57 Å². The minimum atomic E-state index is -0.892. The van der Waals surface area contributed by atoms with Gasteiger partial charge in [-0.15, -0.1) is 12.3 Å². The van der Waals surface area contributed by atoms with Crippen LogP contribution in [0.1, 0.15) is 22.5 Å². The van der Waals surface area contributed by atoms with Gasteiger partial charge in [0.05, 0.1) is 5.56 Å². The highest BCUT2D eigenvalue weighted by Crippen LogP contribution is 2.10. The molecule has 0 aliphatic heterocycles. The molecular formula is C10H11NO2. The molecular weight excluding hydrogens is 166 g/mol. The first-order valence-corrected chi connectivity index (χ1v) is 3.99. The monoisotopic (exact) mass is 177 g/mol. The zero-order valence-electron chi connectivity index (χ0n) is 7.45. The lowest BCUT2D eigenvalue weighted by Gasteiger charge is -2.02. The van der Waals surface area contributed by atoms with Crippen LogP contribution in [0.4, 0.5) is 0 Å². The Labute approximate surface area is 77.0 Å². The Hall–Kier alpha value is -1.69. The summed E-state index contributed by atoms with van der Waals surface area (Å²) in [6.45, 7) is 2.45. The van der Waals surface area contributed by atoms with Crippen molar-refractivity contribution < 1.29 is 9.90 Å². The van der Waals surface area contributed by atoms with Crippen LogP contribution >= 0.6 is 0 Å². The number of rotatable bonds is 3. The number of carbonyl (C=O) groups is 1. The smallest absolute Gasteiger partial charge is 0.337 e. The van der Waals surface area contributed by atoms with Gasteiger partial charge in [-0.25, -0.2) is 4.79 Å². The van der Waals surface area contributed by atoms with E-state index in [4.69, 9.17) is 11.5 Å². The topological polar surface area (TPSA) is 42.2 Å². The van der Waals surface area contributed by atoms with E-state index in [0.29, 0.717) is 18.5 Å². The number of carboxylic acids is 1. The van der Waals surface area contributed by atoms with Gasteiger partial charge in [0.1, 0.15) is 0 Å². The van der Waals surface area contributed by atoms with Gasteiger partial charge in [0.15, 0.2) is 0 Å². The van der Waals surface area contributed by atoms with Gasteiger partial charge in [0.2, 0.25) is 0 Å². The Kier molecular flexibility index (Phi) is 2.76. The molecule has 1 aromatic heterocycles. The fourth-order valence-electron chi connectivity index (χ4n) is 1.20. The average molecular weight is 177 g/mol. The van der Waals surface area contributed by atoms with Crippen molar-refractivity contribution in [3.8, 4) is 12.3 Å². The average Bonchev–Trinajstić information content (AvgIpc) is 2.43. The van der Waals surface area contributed by atoms with Crippen LogP contribution in [0, 0.1) is 19.3 Å². The van der Waals surface area contributed by atoms with E-state index in [2.05, 4.69) is 5.92 Å². The lowest BCUT2D eigenvalue weighted by molar-refractivity contribution is 0.0696. The van der Waals surface area contributed by atoms with Crippen LogP contribution in [0.25, 0.3) is 0 Å². The molecule has 0 bridgehead atoms. The van der Waals surface area contributed by atoms with E-state index in [0.717, 1.165) is 5.69 Å². The van der Waals surface area contributed by atoms with E-state index in [1.54, 1.807) is 19.2 Å². The van der Waals surface area contributed by atoms with Gasteiger partial charge in [0.25, 0.3) is 0 Å². The second-order valence-electron chi connectivity index (χ2n) is 2.77. The summed E-state index contributed by atoms with van der Waals surface area (Å²) in [6, 6.07) is 1.59. The zero-order chi connectivity index (χ0) is 9.84. The van der Waals surface area contributed by atoms with Crippen LogP contribution in [-0.4, -0.2) is 15.6 Å². The maximum Gasteiger partial charge on any atom is 0.337 e. The fraction of sp³-hybridized carbons (Fsp3) is 0.300. The molecule has 13 heavy (non-hydrogen) atoms. The van der Waals surface area contributed by atoms with E-state index < -0.39 is 5.97 Å². The third-order valence-electron chi connectivity index (χ3n) is 1.97. The molecule has 0 aliphatic carbocycles. The number of terminal acetylenes is 1. The van der Waals surface area contributed by atoms with Crippen molar-refractivity contribution in [2.24, 2.45) is 0 Å². The predicted octanol–water partition coefficient (Wildman–Crippen LogP) is 1.52. The molecule has 0 aromatic carbocycles. The Morgan fingerprint density at radius 3 is 2.92 bits per heavy atom. The predicted molar refractivity (Wildman–Crippen MR) is 49.6 cm³/mol. The fourth-order valence-corrected chi connectivity index (χ4v) is 1.20. The van der Waals surface area contributed by atoms with Crippen LogP contribution in [0.15, 0.2) is 12.3 Å². The van der Waals surface area contributed by atoms with E-state index in [9.17, 15) is 4.79 Å². The lowest BCUT2D eigenvalue weighted by atomic mass is 10.2. The molecule has 68 valence electrons. The summed E-state index contributed by atoms with van der Waals surface area (Å²) in [6.07, 6.45) is 7.48. The molecule has 1 rings (SSSR count). The zero-order valence-corrected chi connectivity index (χ0v) is 7.45. The molecule has 0 aliphatic rings. The Morgan fingerprint density at radius 1 is 1.77 bits per heavy atom. The number of nitrogens with zero attached hydrogens (tertiary/aromatic N) is 1. The van der Waals surface area contributed by atoms with Gasteiger partial charge in [0, 0.05) is 24.9 Å². The number of aromatic nitrogens is 1. The summed E-state index contributed by atoms with van der Waals surface area (Å²) in [7, 11) is 0. The molecule has 0 atom stereocenters. The molecule has 3 nitrogen and oxygen atoms in total. The van der Waals surface area contributed by atoms with Crippen molar-refractivity contribution in [1.29, 1.82) is 0 Å². The van der Waals surface area contributed by atoms with Crippen molar-refractivity contribution in [2.75, 3.05) is 0 Å². The van der Waals surface area contributed by atoms with E-state index in [-0.39, 0.29) is 0 Å². The number of hydrogen-bond donors (Lipinski definition) is 1. The van der Waals surface area contributed by atoms with Crippen molar-refractivity contribution in [2.45, 2.75) is 19.9 Å². The Balaban J connectivity index is 2.88. The first kappa shape index (κ1) is 9.40. The second-order valence-corrected chi connectivity index (χ2v) is 2.77. The normalized spacial score (nSPS) is 9.54. The van der Waals surface area contributed by atoms with Gasteiger partial charge >= 0.3 is 5.97 Å². The summed E-state index contributed by atoms with van der Waals surface area (Å²) >= 11 is 0. The molecule has 0 spiro atoms. The summed E-state index contributed by atoms with van der Waals surface area (Å²) in [5.74, 6) is 1.62. The van der Waals surface area contributed by atoms with Crippen LogP contribution < -0.4 is 0 Å². The van der Waals surface area contributed by atoms with Crippen LogP contribution in [0.2, 0.25) is 0 Å². The van der Waals surface area contributed by atoms with Crippen LogP contribution in [0.5, 0.6) is 0 Å². The molecule has 0 saturated carbocycles. The van der Waals surface area contributed by atoms with E-state index in [1.165, 1.54) is 0 Å². The molecule has 0 fully saturated rings. The highest BCUT2D eigenvalue weighted by Gasteiger charge is 2.09.